The molecule has 0 bridgehead atoms. The van der Waals surface area contributed by atoms with E-state index in [0.29, 0.717) is 5.69 Å². The summed E-state index contributed by atoms with van der Waals surface area (Å²) in [6, 6.07) is 5.04. The molecule has 2 aromatic heterocycles. The Bertz CT molecular complexity index is 719. The number of imidazole rings is 1. The fourth-order valence-electron chi connectivity index (χ4n) is 3.46. The smallest absolute Gasteiger partial charge is 0.274 e. The zero-order valence-electron chi connectivity index (χ0n) is 13.2. The molecule has 4 rings (SSSR count). The van der Waals surface area contributed by atoms with Crippen LogP contribution in [0.1, 0.15) is 35.8 Å². The zero-order valence-corrected chi connectivity index (χ0v) is 13.2. The van der Waals surface area contributed by atoms with Gasteiger partial charge in [0.25, 0.3) is 5.91 Å². The average molecular weight is 298 g/mol. The maximum atomic E-state index is 12.8. The predicted molar refractivity (Wildman–Crippen MR) is 85.0 cm³/mol. The van der Waals surface area contributed by atoms with Crippen LogP contribution >= 0.6 is 0 Å². The lowest BCUT2D eigenvalue weighted by Gasteiger charge is -2.39. The monoisotopic (exact) mass is 298 g/mol. The molecule has 1 aliphatic carbocycles. The Morgan fingerprint density at radius 2 is 2.14 bits per heavy atom. The van der Waals surface area contributed by atoms with Gasteiger partial charge in [0.15, 0.2) is 0 Å². The molecule has 2 aliphatic rings. The van der Waals surface area contributed by atoms with Gasteiger partial charge in [-0.1, -0.05) is 6.07 Å². The molecular formula is C17H22N4O. The minimum Gasteiger partial charge on any atom is -0.332 e. The molecule has 1 unspecified atom stereocenters. The van der Waals surface area contributed by atoms with Crippen molar-refractivity contribution in [2.45, 2.75) is 38.8 Å². The molecule has 1 amide bonds. The number of fused-ring (bicyclic) bond motifs is 1. The summed E-state index contributed by atoms with van der Waals surface area (Å²) in [5, 5.41) is 0. The Balaban J connectivity index is 1.56. The lowest BCUT2D eigenvalue weighted by Crippen LogP contribution is -2.54. The molecule has 0 N–H and O–H groups in total. The maximum absolute atomic E-state index is 12.8. The maximum Gasteiger partial charge on any atom is 0.274 e. The van der Waals surface area contributed by atoms with Crippen LogP contribution < -0.4 is 0 Å². The van der Waals surface area contributed by atoms with Crippen molar-refractivity contribution in [1.82, 2.24) is 19.2 Å². The first-order valence-corrected chi connectivity index (χ1v) is 8.13. The van der Waals surface area contributed by atoms with E-state index in [9.17, 15) is 4.79 Å². The number of rotatable bonds is 2. The molecule has 3 heterocycles. The molecule has 0 spiro atoms. The van der Waals surface area contributed by atoms with Crippen molar-refractivity contribution >= 4 is 11.6 Å². The van der Waals surface area contributed by atoms with E-state index in [4.69, 9.17) is 0 Å². The third-order valence-corrected chi connectivity index (χ3v) is 4.88. The molecule has 1 aliphatic heterocycles. The van der Waals surface area contributed by atoms with E-state index in [1.165, 1.54) is 12.8 Å². The SMILES string of the molecule is Cc1cccn2cc(C(=O)N3CCN(C4CC4)CC3C)nc12. The van der Waals surface area contributed by atoms with Crippen molar-refractivity contribution in [3.63, 3.8) is 0 Å². The van der Waals surface area contributed by atoms with Crippen LogP contribution in [0.4, 0.5) is 0 Å². The van der Waals surface area contributed by atoms with Gasteiger partial charge in [0.2, 0.25) is 0 Å². The van der Waals surface area contributed by atoms with Gasteiger partial charge in [-0.05, 0) is 38.3 Å². The second-order valence-electron chi connectivity index (χ2n) is 6.62. The Labute approximate surface area is 130 Å². The number of hydrogen-bond donors (Lipinski definition) is 0. The topological polar surface area (TPSA) is 40.9 Å². The summed E-state index contributed by atoms with van der Waals surface area (Å²) in [5.41, 5.74) is 2.52. The summed E-state index contributed by atoms with van der Waals surface area (Å²) in [5.74, 6) is 0.0612. The van der Waals surface area contributed by atoms with Gasteiger partial charge >= 0.3 is 0 Å². The standard InChI is InChI=1S/C17H22N4O/c1-12-4-3-7-20-11-15(18-16(12)20)17(22)21-9-8-19(10-13(21)2)14-5-6-14/h3-4,7,11,13-14H,5-6,8-10H2,1-2H3. The van der Waals surface area contributed by atoms with Crippen molar-refractivity contribution < 1.29 is 4.79 Å². The molecule has 116 valence electrons. The zero-order chi connectivity index (χ0) is 15.3. The predicted octanol–water partition coefficient (Wildman–Crippen LogP) is 1.95. The molecule has 2 aromatic rings. The molecule has 5 nitrogen and oxygen atoms in total. The van der Waals surface area contributed by atoms with Crippen LogP contribution in [0.25, 0.3) is 5.65 Å². The summed E-state index contributed by atoms with van der Waals surface area (Å²) >= 11 is 0. The Morgan fingerprint density at radius 3 is 2.82 bits per heavy atom. The van der Waals surface area contributed by atoms with Crippen LogP contribution in [0.15, 0.2) is 24.5 Å². The molecule has 1 atom stereocenters. The van der Waals surface area contributed by atoms with E-state index >= 15 is 0 Å². The number of pyridine rings is 1. The Hall–Kier alpha value is -1.88. The van der Waals surface area contributed by atoms with Gasteiger partial charge in [-0.3, -0.25) is 9.69 Å². The van der Waals surface area contributed by atoms with E-state index in [1.54, 1.807) is 0 Å². The minimum absolute atomic E-state index is 0.0612. The summed E-state index contributed by atoms with van der Waals surface area (Å²) in [6.07, 6.45) is 6.45. The molecule has 22 heavy (non-hydrogen) atoms. The number of carbonyl (C=O) groups is 1. The highest BCUT2D eigenvalue weighted by atomic mass is 16.2. The summed E-state index contributed by atoms with van der Waals surface area (Å²) in [6.45, 7) is 6.96. The highest BCUT2D eigenvalue weighted by Gasteiger charge is 2.36. The Morgan fingerprint density at radius 1 is 1.32 bits per heavy atom. The summed E-state index contributed by atoms with van der Waals surface area (Å²) < 4.78 is 1.94. The number of nitrogens with zero attached hydrogens (tertiary/aromatic N) is 4. The Kier molecular flexibility index (Phi) is 3.18. The third kappa shape index (κ3) is 2.29. The fourth-order valence-corrected chi connectivity index (χ4v) is 3.46. The van der Waals surface area contributed by atoms with Crippen molar-refractivity contribution in [3.05, 3.63) is 35.8 Å². The minimum atomic E-state index is 0.0612. The van der Waals surface area contributed by atoms with E-state index in [0.717, 1.165) is 36.9 Å². The molecular weight excluding hydrogens is 276 g/mol. The lowest BCUT2D eigenvalue weighted by molar-refractivity contribution is 0.0469. The first-order valence-electron chi connectivity index (χ1n) is 8.13. The van der Waals surface area contributed by atoms with Gasteiger partial charge in [0.05, 0.1) is 0 Å². The van der Waals surface area contributed by atoms with E-state index in [-0.39, 0.29) is 11.9 Å². The quantitative estimate of drug-likeness (QED) is 0.851. The average Bonchev–Trinajstić information content (AvgIpc) is 3.26. The molecule has 2 fully saturated rings. The second-order valence-corrected chi connectivity index (χ2v) is 6.62. The van der Waals surface area contributed by atoms with Crippen LogP contribution in [0, 0.1) is 6.92 Å². The van der Waals surface area contributed by atoms with Crippen LogP contribution in [0.5, 0.6) is 0 Å². The van der Waals surface area contributed by atoms with Gasteiger partial charge in [0.1, 0.15) is 11.3 Å². The molecule has 1 saturated carbocycles. The fraction of sp³-hybridized carbons (Fsp3) is 0.529. The van der Waals surface area contributed by atoms with Gasteiger partial charge in [-0.25, -0.2) is 4.98 Å². The van der Waals surface area contributed by atoms with Crippen LogP contribution in [0.2, 0.25) is 0 Å². The highest BCUT2D eigenvalue weighted by Crippen LogP contribution is 2.29. The molecule has 0 aromatic carbocycles. The second kappa shape index (κ2) is 5.09. The van der Waals surface area contributed by atoms with Gasteiger partial charge in [-0.2, -0.15) is 0 Å². The van der Waals surface area contributed by atoms with Crippen LogP contribution in [-0.4, -0.2) is 56.8 Å². The molecule has 5 heteroatoms. The first-order chi connectivity index (χ1) is 10.6. The lowest BCUT2D eigenvalue weighted by atomic mass is 10.1. The number of aromatic nitrogens is 2. The van der Waals surface area contributed by atoms with Crippen LogP contribution in [-0.2, 0) is 0 Å². The highest BCUT2D eigenvalue weighted by molar-refractivity contribution is 5.93. The largest absolute Gasteiger partial charge is 0.332 e. The van der Waals surface area contributed by atoms with Crippen molar-refractivity contribution in [2.75, 3.05) is 19.6 Å². The first kappa shape index (κ1) is 13.8. The van der Waals surface area contributed by atoms with E-state index in [2.05, 4.69) is 16.8 Å². The number of hydrogen-bond acceptors (Lipinski definition) is 3. The third-order valence-electron chi connectivity index (χ3n) is 4.88. The van der Waals surface area contributed by atoms with Crippen LogP contribution in [0.3, 0.4) is 0 Å². The number of carbonyl (C=O) groups excluding carboxylic acids is 1. The van der Waals surface area contributed by atoms with Gasteiger partial charge in [-0.15, -0.1) is 0 Å². The normalized spacial score (nSPS) is 23.2. The molecule has 1 saturated heterocycles. The van der Waals surface area contributed by atoms with Gasteiger partial charge < -0.3 is 9.30 Å². The van der Waals surface area contributed by atoms with Crippen molar-refractivity contribution in [3.8, 4) is 0 Å². The number of piperazine rings is 1. The summed E-state index contributed by atoms with van der Waals surface area (Å²) in [7, 11) is 0. The van der Waals surface area contributed by atoms with E-state index < -0.39 is 0 Å². The van der Waals surface area contributed by atoms with E-state index in [1.807, 2.05) is 40.8 Å². The molecule has 0 radical (unpaired) electrons. The van der Waals surface area contributed by atoms with Gasteiger partial charge in [0, 0.05) is 44.1 Å². The summed E-state index contributed by atoms with van der Waals surface area (Å²) in [4.78, 5) is 21.9. The van der Waals surface area contributed by atoms with Crippen molar-refractivity contribution in [1.29, 1.82) is 0 Å². The number of aryl methyl sites for hydroxylation is 1. The number of amides is 1. The van der Waals surface area contributed by atoms with Crippen molar-refractivity contribution in [2.24, 2.45) is 0 Å².